The highest BCUT2D eigenvalue weighted by atomic mass is 127. The van der Waals surface area contributed by atoms with Gasteiger partial charge in [-0.05, 0) is 65.1 Å². The summed E-state index contributed by atoms with van der Waals surface area (Å²) in [6.07, 6.45) is -4.41. The Bertz CT molecular complexity index is 581. The van der Waals surface area contributed by atoms with Crippen molar-refractivity contribution in [3.8, 4) is 11.5 Å². The van der Waals surface area contributed by atoms with Crippen LogP contribution in [0.3, 0.4) is 0 Å². The van der Waals surface area contributed by atoms with Gasteiger partial charge in [-0.25, -0.2) is 0 Å². The van der Waals surface area contributed by atoms with Gasteiger partial charge in [0, 0.05) is 3.57 Å². The van der Waals surface area contributed by atoms with Crippen molar-refractivity contribution in [3.63, 3.8) is 0 Å². The molecule has 100 valence electrons. The van der Waals surface area contributed by atoms with E-state index in [-0.39, 0.29) is 11.4 Å². The molecule has 6 heteroatoms. The molecular formula is C13H9F3INO. The van der Waals surface area contributed by atoms with Crippen molar-refractivity contribution in [2.75, 3.05) is 5.73 Å². The van der Waals surface area contributed by atoms with Gasteiger partial charge < -0.3 is 10.5 Å². The van der Waals surface area contributed by atoms with Gasteiger partial charge >= 0.3 is 6.18 Å². The highest BCUT2D eigenvalue weighted by molar-refractivity contribution is 14.1. The van der Waals surface area contributed by atoms with E-state index in [0.717, 1.165) is 15.7 Å². The topological polar surface area (TPSA) is 35.2 Å². The molecule has 0 saturated carbocycles. The maximum atomic E-state index is 12.5. The fourth-order valence-corrected chi connectivity index (χ4v) is 1.81. The minimum Gasteiger partial charge on any atom is -0.455 e. The standard InChI is InChI=1S/C13H9F3INO/c14-13(15,16)8-1-6-12(11(18)7-8)19-10-4-2-9(17)3-5-10/h1-7H,18H2. The summed E-state index contributed by atoms with van der Waals surface area (Å²) in [4.78, 5) is 0. The van der Waals surface area contributed by atoms with Gasteiger partial charge in [-0.1, -0.05) is 0 Å². The van der Waals surface area contributed by atoms with E-state index < -0.39 is 11.7 Å². The molecule has 2 rings (SSSR count). The van der Waals surface area contributed by atoms with Crippen molar-refractivity contribution < 1.29 is 17.9 Å². The highest BCUT2D eigenvalue weighted by Gasteiger charge is 2.30. The fourth-order valence-electron chi connectivity index (χ4n) is 1.45. The van der Waals surface area contributed by atoms with Gasteiger partial charge in [0.05, 0.1) is 11.3 Å². The van der Waals surface area contributed by atoms with Crippen LogP contribution < -0.4 is 10.5 Å². The summed E-state index contributed by atoms with van der Waals surface area (Å²) < 4.78 is 43.9. The number of nitrogens with two attached hydrogens (primary N) is 1. The van der Waals surface area contributed by atoms with Gasteiger partial charge in [0.15, 0.2) is 0 Å². The van der Waals surface area contributed by atoms with E-state index in [1.54, 1.807) is 12.1 Å². The number of hydrogen-bond acceptors (Lipinski definition) is 2. The predicted octanol–water partition coefficient (Wildman–Crippen LogP) is 4.68. The predicted molar refractivity (Wildman–Crippen MR) is 75.1 cm³/mol. The number of nitrogen functional groups attached to an aromatic ring is 1. The average molecular weight is 379 g/mol. The zero-order chi connectivity index (χ0) is 14.0. The SMILES string of the molecule is Nc1cc(C(F)(F)F)ccc1Oc1ccc(I)cc1. The maximum absolute atomic E-state index is 12.5. The average Bonchev–Trinajstić information content (AvgIpc) is 2.33. The molecule has 0 saturated heterocycles. The Balaban J connectivity index is 2.24. The fraction of sp³-hybridized carbons (Fsp3) is 0.0769. The molecule has 2 aromatic rings. The third-order valence-electron chi connectivity index (χ3n) is 2.38. The summed E-state index contributed by atoms with van der Waals surface area (Å²) in [6, 6.07) is 10.1. The third kappa shape index (κ3) is 3.52. The van der Waals surface area contributed by atoms with Crippen LogP contribution in [0, 0.1) is 3.57 Å². The van der Waals surface area contributed by atoms with Gasteiger partial charge in [0.25, 0.3) is 0 Å². The van der Waals surface area contributed by atoms with E-state index in [4.69, 9.17) is 10.5 Å². The lowest BCUT2D eigenvalue weighted by atomic mass is 10.2. The van der Waals surface area contributed by atoms with Gasteiger partial charge in [-0.15, -0.1) is 0 Å². The van der Waals surface area contributed by atoms with Crippen LogP contribution in [0.4, 0.5) is 18.9 Å². The number of ether oxygens (including phenoxy) is 1. The quantitative estimate of drug-likeness (QED) is 0.607. The van der Waals surface area contributed by atoms with Crippen molar-refractivity contribution in [3.05, 3.63) is 51.6 Å². The molecular weight excluding hydrogens is 370 g/mol. The minimum atomic E-state index is -4.41. The maximum Gasteiger partial charge on any atom is 0.416 e. The lowest BCUT2D eigenvalue weighted by Gasteiger charge is -2.11. The van der Waals surface area contributed by atoms with Gasteiger partial charge in [-0.3, -0.25) is 0 Å². The second kappa shape index (κ2) is 5.28. The number of halogens is 4. The summed E-state index contributed by atoms with van der Waals surface area (Å²) in [5.41, 5.74) is 4.73. The molecule has 0 aliphatic heterocycles. The molecule has 2 N–H and O–H groups in total. The number of alkyl halides is 3. The number of anilines is 1. The molecule has 0 atom stereocenters. The summed E-state index contributed by atoms with van der Waals surface area (Å²) in [5, 5.41) is 0. The van der Waals surface area contributed by atoms with Crippen LogP contribution in [0.15, 0.2) is 42.5 Å². The summed E-state index contributed by atoms with van der Waals surface area (Å²) in [7, 11) is 0. The van der Waals surface area contributed by atoms with E-state index in [9.17, 15) is 13.2 Å². The summed E-state index contributed by atoms with van der Waals surface area (Å²) in [6.45, 7) is 0. The molecule has 0 radical (unpaired) electrons. The number of rotatable bonds is 2. The molecule has 0 heterocycles. The molecule has 0 bridgehead atoms. The Morgan fingerprint density at radius 1 is 1.00 bits per heavy atom. The second-order valence-corrected chi connectivity index (χ2v) is 5.05. The van der Waals surface area contributed by atoms with E-state index in [1.165, 1.54) is 6.07 Å². The molecule has 19 heavy (non-hydrogen) atoms. The van der Waals surface area contributed by atoms with Crippen molar-refractivity contribution in [1.29, 1.82) is 0 Å². The smallest absolute Gasteiger partial charge is 0.416 e. The van der Waals surface area contributed by atoms with E-state index in [0.29, 0.717) is 5.75 Å². The van der Waals surface area contributed by atoms with E-state index in [1.807, 2.05) is 12.1 Å². The first-order valence-electron chi connectivity index (χ1n) is 5.26. The Labute approximate surface area is 121 Å². The van der Waals surface area contributed by atoms with Crippen LogP contribution in [0.2, 0.25) is 0 Å². The first-order valence-corrected chi connectivity index (χ1v) is 6.34. The zero-order valence-corrected chi connectivity index (χ0v) is 11.7. The van der Waals surface area contributed by atoms with Crippen LogP contribution in [0.5, 0.6) is 11.5 Å². The van der Waals surface area contributed by atoms with Gasteiger partial charge in [-0.2, -0.15) is 13.2 Å². The molecule has 0 fully saturated rings. The first-order chi connectivity index (χ1) is 8.86. The molecule has 0 amide bonds. The Kier molecular flexibility index (Phi) is 3.88. The zero-order valence-electron chi connectivity index (χ0n) is 9.54. The largest absolute Gasteiger partial charge is 0.455 e. The van der Waals surface area contributed by atoms with Crippen LogP contribution in [-0.4, -0.2) is 0 Å². The van der Waals surface area contributed by atoms with Crippen molar-refractivity contribution >= 4 is 28.3 Å². The third-order valence-corrected chi connectivity index (χ3v) is 3.10. The minimum absolute atomic E-state index is 0.0478. The Hall–Kier alpha value is -1.44. The number of hydrogen-bond donors (Lipinski definition) is 1. The number of benzene rings is 2. The lowest BCUT2D eigenvalue weighted by Crippen LogP contribution is -2.05. The summed E-state index contributed by atoms with van der Waals surface area (Å²) in [5.74, 6) is 0.723. The summed E-state index contributed by atoms with van der Waals surface area (Å²) >= 11 is 2.14. The lowest BCUT2D eigenvalue weighted by molar-refractivity contribution is -0.137. The van der Waals surface area contributed by atoms with E-state index in [2.05, 4.69) is 22.6 Å². The van der Waals surface area contributed by atoms with Crippen LogP contribution in [-0.2, 0) is 6.18 Å². The molecule has 0 unspecified atom stereocenters. The highest BCUT2D eigenvalue weighted by Crippen LogP contribution is 2.35. The van der Waals surface area contributed by atoms with Gasteiger partial charge in [0.2, 0.25) is 0 Å². The van der Waals surface area contributed by atoms with Crippen molar-refractivity contribution in [2.24, 2.45) is 0 Å². The van der Waals surface area contributed by atoms with Gasteiger partial charge in [0.1, 0.15) is 11.5 Å². The second-order valence-electron chi connectivity index (χ2n) is 3.81. The Morgan fingerprint density at radius 3 is 2.16 bits per heavy atom. The first kappa shape index (κ1) is 14.0. The van der Waals surface area contributed by atoms with Crippen LogP contribution in [0.25, 0.3) is 0 Å². The molecule has 0 aromatic heterocycles. The monoisotopic (exact) mass is 379 g/mol. The molecule has 0 aliphatic carbocycles. The normalized spacial score (nSPS) is 11.4. The van der Waals surface area contributed by atoms with Crippen molar-refractivity contribution in [2.45, 2.75) is 6.18 Å². The molecule has 2 aromatic carbocycles. The molecule has 0 spiro atoms. The van der Waals surface area contributed by atoms with Crippen LogP contribution in [0.1, 0.15) is 5.56 Å². The van der Waals surface area contributed by atoms with Crippen LogP contribution >= 0.6 is 22.6 Å². The molecule has 2 nitrogen and oxygen atoms in total. The van der Waals surface area contributed by atoms with E-state index >= 15 is 0 Å². The Morgan fingerprint density at radius 2 is 1.63 bits per heavy atom. The molecule has 0 aliphatic rings. The van der Waals surface area contributed by atoms with Crippen molar-refractivity contribution in [1.82, 2.24) is 0 Å².